The molecule has 0 fully saturated rings. The van der Waals surface area contributed by atoms with Crippen LogP contribution in [0, 0.1) is 13.8 Å². The van der Waals surface area contributed by atoms with E-state index in [1.54, 1.807) is 0 Å². The third kappa shape index (κ3) is 4.47. The van der Waals surface area contributed by atoms with Crippen molar-refractivity contribution in [2.75, 3.05) is 0 Å². The zero-order valence-corrected chi connectivity index (χ0v) is 21.3. The number of rotatable bonds is 5. The molecule has 0 aliphatic heterocycles. The highest BCUT2D eigenvalue weighted by atomic mass is 79.9. The fourth-order valence-electron chi connectivity index (χ4n) is 4.18. The van der Waals surface area contributed by atoms with Gasteiger partial charge in [0.1, 0.15) is 23.2 Å². The lowest BCUT2D eigenvalue weighted by molar-refractivity contribution is -0.00000571. The molecule has 0 heterocycles. The van der Waals surface area contributed by atoms with Gasteiger partial charge in [0.2, 0.25) is 0 Å². The molecule has 0 amide bonds. The van der Waals surface area contributed by atoms with E-state index in [2.05, 4.69) is 133 Å². The van der Waals surface area contributed by atoms with E-state index in [1.807, 2.05) is 0 Å². The van der Waals surface area contributed by atoms with Gasteiger partial charge in [-0.25, -0.2) is 0 Å². The van der Waals surface area contributed by atoms with Gasteiger partial charge in [0.05, 0.1) is 6.16 Å². The van der Waals surface area contributed by atoms with Gasteiger partial charge in [-0.15, -0.1) is 0 Å². The van der Waals surface area contributed by atoms with Crippen molar-refractivity contribution < 1.29 is 17.0 Å². The average molecular weight is 540 g/mol. The van der Waals surface area contributed by atoms with Gasteiger partial charge in [-0.1, -0.05) is 88.2 Å². The molecule has 3 heteroatoms. The summed E-state index contributed by atoms with van der Waals surface area (Å²) in [5, 5.41) is 4.26. The SMILES string of the molecule is Cc1cc(C)c(Br)c(C[P+](c2ccccc2)(c2ccccc2)c2ccccc2)c1.[Br-]. The van der Waals surface area contributed by atoms with Crippen LogP contribution < -0.4 is 32.9 Å². The summed E-state index contributed by atoms with van der Waals surface area (Å²) in [6.45, 7) is 4.38. The van der Waals surface area contributed by atoms with Gasteiger partial charge < -0.3 is 17.0 Å². The Kier molecular flexibility index (Phi) is 7.69. The molecule has 152 valence electrons. The topological polar surface area (TPSA) is 0 Å². The Hall–Kier alpha value is -1.73. The zero-order chi connectivity index (χ0) is 20.3. The van der Waals surface area contributed by atoms with Crippen LogP contribution in [0.2, 0.25) is 0 Å². The molecular formula is C27H25Br2P. The molecule has 0 saturated heterocycles. The smallest absolute Gasteiger partial charge is 0.116 e. The molecule has 0 N–H and O–H groups in total. The minimum Gasteiger partial charge on any atom is -1.00 e. The van der Waals surface area contributed by atoms with Crippen LogP contribution in [0.4, 0.5) is 0 Å². The van der Waals surface area contributed by atoms with E-state index in [0.717, 1.165) is 6.16 Å². The van der Waals surface area contributed by atoms with Gasteiger partial charge in [-0.2, -0.15) is 0 Å². The molecule has 0 aromatic heterocycles. The molecule has 0 atom stereocenters. The lowest BCUT2D eigenvalue weighted by Gasteiger charge is -2.28. The summed E-state index contributed by atoms with van der Waals surface area (Å²) in [6, 6.07) is 37.8. The molecule has 0 aliphatic rings. The van der Waals surface area contributed by atoms with Gasteiger partial charge >= 0.3 is 0 Å². The first-order valence-electron chi connectivity index (χ1n) is 9.92. The number of halogens is 2. The van der Waals surface area contributed by atoms with E-state index in [9.17, 15) is 0 Å². The zero-order valence-electron chi connectivity index (χ0n) is 17.2. The molecule has 4 aromatic carbocycles. The minimum atomic E-state index is -1.87. The Bertz CT molecular complexity index is 997. The highest BCUT2D eigenvalue weighted by Gasteiger charge is 2.45. The second kappa shape index (κ2) is 10.1. The Labute approximate surface area is 199 Å². The average Bonchev–Trinajstić information content (AvgIpc) is 2.77. The van der Waals surface area contributed by atoms with E-state index in [-0.39, 0.29) is 17.0 Å². The molecule has 0 bridgehead atoms. The van der Waals surface area contributed by atoms with E-state index in [0.29, 0.717) is 0 Å². The molecule has 0 spiro atoms. The standard InChI is InChI=1S/C27H25BrP.BrH/c1-21-18-22(2)27(28)23(19-21)20-29(24-12-6-3-7-13-24,25-14-8-4-9-15-25)26-16-10-5-11-17-26;/h3-19H,20H2,1-2H3;1H/q+1;/p-1. The normalized spacial score (nSPS) is 11.0. The summed E-state index contributed by atoms with van der Waals surface area (Å²) in [6.07, 6.45) is 0.994. The Morgan fingerprint density at radius 3 is 1.43 bits per heavy atom. The Morgan fingerprint density at radius 2 is 1.03 bits per heavy atom. The predicted molar refractivity (Wildman–Crippen MR) is 132 cm³/mol. The van der Waals surface area contributed by atoms with Crippen LogP contribution >= 0.6 is 23.2 Å². The van der Waals surface area contributed by atoms with Crippen molar-refractivity contribution in [2.24, 2.45) is 0 Å². The van der Waals surface area contributed by atoms with Crippen LogP contribution in [0.5, 0.6) is 0 Å². The molecule has 0 unspecified atom stereocenters. The van der Waals surface area contributed by atoms with Crippen molar-refractivity contribution in [3.05, 3.63) is 124 Å². The maximum Gasteiger partial charge on any atom is 0.116 e. The molecule has 4 rings (SSSR count). The summed E-state index contributed by atoms with van der Waals surface area (Å²) >= 11 is 3.90. The van der Waals surface area contributed by atoms with E-state index in [1.165, 1.54) is 37.1 Å². The maximum absolute atomic E-state index is 3.90. The number of hydrogen-bond acceptors (Lipinski definition) is 0. The van der Waals surface area contributed by atoms with Gasteiger partial charge in [0.15, 0.2) is 0 Å². The first kappa shape index (κ1) is 22.9. The van der Waals surface area contributed by atoms with Crippen molar-refractivity contribution in [3.63, 3.8) is 0 Å². The van der Waals surface area contributed by atoms with Crippen molar-refractivity contribution >= 4 is 39.1 Å². The Morgan fingerprint density at radius 1 is 0.633 bits per heavy atom. The van der Waals surface area contributed by atoms with E-state index in [4.69, 9.17) is 0 Å². The highest BCUT2D eigenvalue weighted by molar-refractivity contribution is 9.10. The summed E-state index contributed by atoms with van der Waals surface area (Å²) in [5.74, 6) is 0. The quantitative estimate of drug-likeness (QED) is 0.340. The molecule has 30 heavy (non-hydrogen) atoms. The van der Waals surface area contributed by atoms with Crippen LogP contribution in [0.25, 0.3) is 0 Å². The third-order valence-electron chi connectivity index (χ3n) is 5.47. The van der Waals surface area contributed by atoms with Crippen molar-refractivity contribution in [1.29, 1.82) is 0 Å². The van der Waals surface area contributed by atoms with Crippen molar-refractivity contribution in [1.82, 2.24) is 0 Å². The summed E-state index contributed by atoms with van der Waals surface area (Å²) < 4.78 is 1.23. The molecular weight excluding hydrogens is 515 g/mol. The maximum atomic E-state index is 3.90. The largest absolute Gasteiger partial charge is 1.00 e. The van der Waals surface area contributed by atoms with E-state index < -0.39 is 7.26 Å². The number of benzene rings is 4. The van der Waals surface area contributed by atoms with Crippen LogP contribution in [-0.2, 0) is 6.16 Å². The summed E-state index contributed by atoms with van der Waals surface area (Å²) in [7, 11) is -1.87. The van der Waals surface area contributed by atoms with Crippen molar-refractivity contribution in [2.45, 2.75) is 20.0 Å². The molecule has 4 aromatic rings. The van der Waals surface area contributed by atoms with E-state index >= 15 is 0 Å². The third-order valence-corrected chi connectivity index (χ3v) is 11.0. The van der Waals surface area contributed by atoms with Crippen molar-refractivity contribution in [3.8, 4) is 0 Å². The number of aryl methyl sites for hydroxylation is 2. The minimum absolute atomic E-state index is 0. The monoisotopic (exact) mass is 538 g/mol. The first-order chi connectivity index (χ1) is 14.1. The first-order valence-corrected chi connectivity index (χ1v) is 12.7. The molecule has 0 saturated carbocycles. The van der Waals surface area contributed by atoms with Gasteiger partial charge in [0.25, 0.3) is 0 Å². The van der Waals surface area contributed by atoms with Crippen LogP contribution in [0.3, 0.4) is 0 Å². The second-order valence-electron chi connectivity index (χ2n) is 7.53. The predicted octanol–water partition coefficient (Wildman–Crippen LogP) is 3.56. The van der Waals surface area contributed by atoms with Gasteiger partial charge in [-0.05, 0) is 55.8 Å². The second-order valence-corrected chi connectivity index (χ2v) is 11.8. The Balaban J connectivity index is 0.00000256. The lowest BCUT2D eigenvalue weighted by Crippen LogP contribution is -3.00. The summed E-state index contributed by atoms with van der Waals surface area (Å²) in [5.41, 5.74) is 3.99. The van der Waals surface area contributed by atoms with Gasteiger partial charge in [-0.3, -0.25) is 0 Å². The van der Waals surface area contributed by atoms with Crippen LogP contribution in [-0.4, -0.2) is 0 Å². The fraction of sp³-hybridized carbons (Fsp3) is 0.111. The van der Waals surface area contributed by atoms with Crippen LogP contribution in [0.15, 0.2) is 108 Å². The molecule has 0 nitrogen and oxygen atoms in total. The van der Waals surface area contributed by atoms with Gasteiger partial charge in [0, 0.05) is 10.0 Å². The van der Waals surface area contributed by atoms with Crippen LogP contribution in [0.1, 0.15) is 16.7 Å². The lowest BCUT2D eigenvalue weighted by atomic mass is 10.1. The molecule has 0 radical (unpaired) electrons. The number of hydrogen-bond donors (Lipinski definition) is 0. The highest BCUT2D eigenvalue weighted by Crippen LogP contribution is 2.58. The summed E-state index contributed by atoms with van der Waals surface area (Å²) in [4.78, 5) is 0. The molecule has 0 aliphatic carbocycles. The fourth-order valence-corrected chi connectivity index (χ4v) is 9.01.